The Labute approximate surface area is 128 Å². The van der Waals surface area contributed by atoms with Gasteiger partial charge in [0, 0.05) is 0 Å². The predicted octanol–water partition coefficient (Wildman–Crippen LogP) is 3.33. The summed E-state index contributed by atoms with van der Waals surface area (Å²) in [7, 11) is 0. The van der Waals surface area contributed by atoms with Crippen LogP contribution in [-0.4, -0.2) is 11.9 Å². The molecular formula is C16H21F3N2O. The van der Waals surface area contributed by atoms with Gasteiger partial charge in [-0.3, -0.25) is 4.79 Å². The molecule has 1 amide bonds. The lowest BCUT2D eigenvalue weighted by molar-refractivity contribution is -0.137. The van der Waals surface area contributed by atoms with E-state index >= 15 is 0 Å². The molecule has 1 aromatic rings. The van der Waals surface area contributed by atoms with Crippen LogP contribution in [0.25, 0.3) is 0 Å². The highest BCUT2D eigenvalue weighted by atomic mass is 19.4. The average molecular weight is 314 g/mol. The molecule has 1 saturated carbocycles. The molecule has 1 unspecified atom stereocenters. The number of nitrogens with one attached hydrogen (secondary N) is 1. The molecular weight excluding hydrogens is 293 g/mol. The smallest absolute Gasteiger partial charge is 0.345 e. The molecule has 1 aliphatic rings. The van der Waals surface area contributed by atoms with Gasteiger partial charge in [0.15, 0.2) is 0 Å². The number of benzene rings is 1. The first kappa shape index (κ1) is 16.8. The van der Waals surface area contributed by atoms with Gasteiger partial charge >= 0.3 is 6.18 Å². The Balaban J connectivity index is 2.22. The zero-order valence-corrected chi connectivity index (χ0v) is 12.5. The number of amides is 1. The van der Waals surface area contributed by atoms with Crippen LogP contribution < -0.4 is 11.1 Å². The molecule has 3 N–H and O–H groups in total. The molecule has 1 aliphatic carbocycles. The van der Waals surface area contributed by atoms with Crippen molar-refractivity contribution in [3.05, 3.63) is 35.4 Å². The molecule has 1 atom stereocenters. The van der Waals surface area contributed by atoms with Gasteiger partial charge in [0.25, 0.3) is 0 Å². The molecule has 3 nitrogen and oxygen atoms in total. The molecule has 0 spiro atoms. The monoisotopic (exact) mass is 314 g/mol. The molecule has 0 aliphatic heterocycles. The summed E-state index contributed by atoms with van der Waals surface area (Å²) in [6.45, 7) is 1.93. The van der Waals surface area contributed by atoms with E-state index in [4.69, 9.17) is 5.73 Å². The van der Waals surface area contributed by atoms with Crippen LogP contribution in [-0.2, 0) is 16.5 Å². The molecule has 2 rings (SSSR count). The van der Waals surface area contributed by atoms with Crippen molar-refractivity contribution in [1.29, 1.82) is 0 Å². The summed E-state index contributed by atoms with van der Waals surface area (Å²) in [6, 6.07) is 4.58. The summed E-state index contributed by atoms with van der Waals surface area (Å²) in [6.07, 6.45) is -0.892. The summed E-state index contributed by atoms with van der Waals surface area (Å²) < 4.78 is 38.6. The number of hydrogen-bond donors (Lipinski definition) is 2. The van der Waals surface area contributed by atoms with Crippen LogP contribution in [0.1, 0.15) is 50.2 Å². The van der Waals surface area contributed by atoms with Crippen molar-refractivity contribution in [2.24, 2.45) is 5.73 Å². The van der Waals surface area contributed by atoms with Gasteiger partial charge in [-0.25, -0.2) is 0 Å². The van der Waals surface area contributed by atoms with Crippen molar-refractivity contribution in [3.8, 4) is 0 Å². The lowest BCUT2D eigenvalue weighted by Gasteiger charge is -2.44. The van der Waals surface area contributed by atoms with Crippen molar-refractivity contribution < 1.29 is 18.0 Å². The van der Waals surface area contributed by atoms with E-state index in [9.17, 15) is 18.0 Å². The quantitative estimate of drug-likeness (QED) is 0.876. The van der Waals surface area contributed by atoms with Gasteiger partial charge < -0.3 is 11.1 Å². The van der Waals surface area contributed by atoms with Gasteiger partial charge in [0.2, 0.25) is 5.91 Å². The van der Waals surface area contributed by atoms with Crippen LogP contribution >= 0.6 is 0 Å². The number of rotatable bonds is 5. The minimum Gasteiger partial charge on any atom is -0.345 e. The third-order valence-electron chi connectivity index (χ3n) is 4.25. The van der Waals surface area contributed by atoms with E-state index in [-0.39, 0.29) is 5.91 Å². The third-order valence-corrected chi connectivity index (χ3v) is 4.25. The maximum atomic E-state index is 12.9. The van der Waals surface area contributed by atoms with Gasteiger partial charge in [0.05, 0.1) is 17.1 Å². The lowest BCUT2D eigenvalue weighted by atomic mass is 9.71. The molecule has 0 aromatic heterocycles. The Morgan fingerprint density at radius 1 is 1.41 bits per heavy atom. The van der Waals surface area contributed by atoms with Crippen LogP contribution in [0.3, 0.4) is 0 Å². The summed E-state index contributed by atoms with van der Waals surface area (Å²) >= 11 is 0. The van der Waals surface area contributed by atoms with Crippen molar-refractivity contribution in [3.63, 3.8) is 0 Å². The van der Waals surface area contributed by atoms with Crippen LogP contribution in [0.2, 0.25) is 0 Å². The Kier molecular flexibility index (Phi) is 4.80. The van der Waals surface area contributed by atoms with Crippen molar-refractivity contribution in [2.45, 2.75) is 56.8 Å². The Hall–Kier alpha value is -1.56. The standard InChI is InChI=1S/C16H21F3N2O/c1-2-5-13(20)14(22)21-15(8-4-9-15)11-6-3-7-12(10-11)16(17,18)19/h3,6-7,10,13H,2,4-5,8-9,20H2,1H3,(H,21,22). The van der Waals surface area contributed by atoms with E-state index in [2.05, 4.69) is 5.32 Å². The fourth-order valence-corrected chi connectivity index (χ4v) is 2.78. The van der Waals surface area contributed by atoms with Gasteiger partial charge in [0.1, 0.15) is 0 Å². The van der Waals surface area contributed by atoms with Crippen molar-refractivity contribution in [2.75, 3.05) is 0 Å². The average Bonchev–Trinajstić information content (AvgIpc) is 2.42. The topological polar surface area (TPSA) is 55.1 Å². The van der Waals surface area contributed by atoms with E-state index in [1.165, 1.54) is 6.07 Å². The summed E-state index contributed by atoms with van der Waals surface area (Å²) in [5.74, 6) is -0.293. The van der Waals surface area contributed by atoms with Gasteiger partial charge in [-0.15, -0.1) is 0 Å². The second-order valence-electron chi connectivity index (χ2n) is 5.90. The molecule has 0 bridgehead atoms. The van der Waals surface area contributed by atoms with Gasteiger partial charge in [-0.1, -0.05) is 25.5 Å². The Morgan fingerprint density at radius 2 is 2.09 bits per heavy atom. The minimum atomic E-state index is -4.39. The summed E-state index contributed by atoms with van der Waals surface area (Å²) in [5, 5.41) is 2.88. The first-order valence-corrected chi connectivity index (χ1v) is 7.54. The Morgan fingerprint density at radius 3 is 2.59 bits per heavy atom. The van der Waals surface area contributed by atoms with Crippen molar-refractivity contribution >= 4 is 5.91 Å². The third kappa shape index (κ3) is 3.43. The number of nitrogens with two attached hydrogens (primary N) is 1. The first-order valence-electron chi connectivity index (χ1n) is 7.54. The zero-order valence-electron chi connectivity index (χ0n) is 12.5. The second-order valence-corrected chi connectivity index (χ2v) is 5.90. The van der Waals surface area contributed by atoms with Gasteiger partial charge in [-0.2, -0.15) is 13.2 Å². The van der Waals surface area contributed by atoms with Crippen molar-refractivity contribution in [1.82, 2.24) is 5.32 Å². The number of carbonyl (C=O) groups excluding carboxylic acids is 1. The molecule has 0 radical (unpaired) electrons. The van der Waals surface area contributed by atoms with Crippen LogP contribution in [0.5, 0.6) is 0 Å². The van der Waals surface area contributed by atoms with Crippen LogP contribution in [0, 0.1) is 0 Å². The van der Waals surface area contributed by atoms with Crippen LogP contribution in [0.4, 0.5) is 13.2 Å². The van der Waals surface area contributed by atoms with Gasteiger partial charge in [-0.05, 0) is 43.4 Å². The van der Waals surface area contributed by atoms with E-state index in [0.717, 1.165) is 25.0 Å². The maximum absolute atomic E-state index is 12.9. The van der Waals surface area contributed by atoms with E-state index in [1.807, 2.05) is 6.92 Å². The Bertz CT molecular complexity index is 538. The minimum absolute atomic E-state index is 0.293. The SMILES string of the molecule is CCCC(N)C(=O)NC1(c2cccc(C(F)(F)F)c2)CCC1. The largest absolute Gasteiger partial charge is 0.416 e. The lowest BCUT2D eigenvalue weighted by Crippen LogP contribution is -2.55. The molecule has 6 heteroatoms. The second kappa shape index (κ2) is 6.28. The predicted molar refractivity (Wildman–Crippen MR) is 78.0 cm³/mol. The van der Waals surface area contributed by atoms with E-state index < -0.39 is 23.3 Å². The highest BCUT2D eigenvalue weighted by Gasteiger charge is 2.42. The molecule has 1 fully saturated rings. The first-order chi connectivity index (χ1) is 10.3. The van der Waals surface area contributed by atoms with E-state index in [0.29, 0.717) is 24.8 Å². The molecule has 0 heterocycles. The highest BCUT2D eigenvalue weighted by molar-refractivity contribution is 5.82. The fraction of sp³-hybridized carbons (Fsp3) is 0.562. The van der Waals surface area contributed by atoms with E-state index in [1.54, 1.807) is 6.07 Å². The highest BCUT2D eigenvalue weighted by Crippen LogP contribution is 2.43. The molecule has 1 aromatic carbocycles. The number of alkyl halides is 3. The summed E-state index contributed by atoms with van der Waals surface area (Å²) in [4.78, 5) is 12.1. The number of halogens is 3. The molecule has 0 saturated heterocycles. The summed E-state index contributed by atoms with van der Waals surface area (Å²) in [5.41, 5.74) is 4.91. The van der Waals surface area contributed by atoms with Crippen LogP contribution in [0.15, 0.2) is 24.3 Å². The molecule has 22 heavy (non-hydrogen) atoms. The number of carbonyl (C=O) groups is 1. The maximum Gasteiger partial charge on any atom is 0.416 e. The fourth-order valence-electron chi connectivity index (χ4n) is 2.78. The zero-order chi connectivity index (χ0) is 16.4. The normalized spacial score (nSPS) is 18.4. The number of hydrogen-bond acceptors (Lipinski definition) is 2. The molecule has 122 valence electrons.